The number of piperidine rings is 1. The first kappa shape index (κ1) is 12.5. The number of rotatable bonds is 4. The first-order chi connectivity index (χ1) is 9.29. The van der Waals surface area contributed by atoms with Crippen molar-refractivity contribution in [3.8, 4) is 5.75 Å². The van der Waals surface area contributed by atoms with Crippen molar-refractivity contribution in [2.24, 2.45) is 0 Å². The quantitative estimate of drug-likeness (QED) is 0.899. The summed E-state index contributed by atoms with van der Waals surface area (Å²) in [4.78, 5) is 14.4. The number of methoxy groups -OCH3 is 1. The number of amides is 1. The van der Waals surface area contributed by atoms with Crippen molar-refractivity contribution >= 4 is 11.6 Å². The van der Waals surface area contributed by atoms with Gasteiger partial charge in [-0.1, -0.05) is 12.1 Å². The van der Waals surface area contributed by atoms with E-state index in [2.05, 4.69) is 5.32 Å². The van der Waals surface area contributed by atoms with Crippen LogP contribution in [0.15, 0.2) is 24.3 Å². The van der Waals surface area contributed by atoms with Gasteiger partial charge >= 0.3 is 0 Å². The molecule has 1 saturated carbocycles. The summed E-state index contributed by atoms with van der Waals surface area (Å²) in [6.07, 6.45) is 4.39. The highest BCUT2D eigenvalue weighted by molar-refractivity contribution is 5.99. The smallest absolute Gasteiger partial charge is 0.244 e. The van der Waals surface area contributed by atoms with Crippen LogP contribution in [0.25, 0.3) is 0 Å². The van der Waals surface area contributed by atoms with Gasteiger partial charge in [0.2, 0.25) is 5.91 Å². The third kappa shape index (κ3) is 2.59. The van der Waals surface area contributed by atoms with Crippen molar-refractivity contribution in [1.29, 1.82) is 0 Å². The number of ether oxygens (including phenoxy) is 1. The lowest BCUT2D eigenvalue weighted by Gasteiger charge is -2.33. The van der Waals surface area contributed by atoms with Crippen LogP contribution >= 0.6 is 0 Å². The maximum atomic E-state index is 12.6. The summed E-state index contributed by atoms with van der Waals surface area (Å²) in [5.41, 5.74) is 0.886. The van der Waals surface area contributed by atoms with E-state index in [1.807, 2.05) is 29.2 Å². The fourth-order valence-electron chi connectivity index (χ4n) is 2.66. The Labute approximate surface area is 113 Å². The fourth-order valence-corrected chi connectivity index (χ4v) is 2.66. The van der Waals surface area contributed by atoms with Crippen LogP contribution in [-0.4, -0.2) is 31.6 Å². The number of para-hydroxylation sites is 2. The first-order valence-corrected chi connectivity index (χ1v) is 7.00. The minimum Gasteiger partial charge on any atom is -0.495 e. The predicted octanol–water partition coefficient (Wildman–Crippen LogP) is 1.94. The normalized spacial score (nSPS) is 23.5. The van der Waals surface area contributed by atoms with E-state index in [4.69, 9.17) is 4.74 Å². The average molecular weight is 260 g/mol. The van der Waals surface area contributed by atoms with Crippen molar-refractivity contribution in [1.82, 2.24) is 5.32 Å². The summed E-state index contributed by atoms with van der Waals surface area (Å²) in [5, 5.41) is 3.45. The van der Waals surface area contributed by atoms with Crippen molar-refractivity contribution in [3.63, 3.8) is 0 Å². The van der Waals surface area contributed by atoms with Gasteiger partial charge in [0.15, 0.2) is 0 Å². The van der Waals surface area contributed by atoms with Gasteiger partial charge < -0.3 is 15.0 Å². The molecule has 2 fully saturated rings. The SMILES string of the molecule is COc1ccccc1N1CCCC(NC2CC2)C1=O. The van der Waals surface area contributed by atoms with E-state index < -0.39 is 0 Å². The van der Waals surface area contributed by atoms with Gasteiger partial charge in [-0.15, -0.1) is 0 Å². The molecule has 1 aliphatic heterocycles. The number of nitrogens with one attached hydrogen (secondary N) is 1. The maximum Gasteiger partial charge on any atom is 0.244 e. The molecule has 0 radical (unpaired) electrons. The van der Waals surface area contributed by atoms with Gasteiger partial charge in [0.05, 0.1) is 18.8 Å². The van der Waals surface area contributed by atoms with Crippen molar-refractivity contribution in [2.45, 2.75) is 37.8 Å². The molecule has 19 heavy (non-hydrogen) atoms. The van der Waals surface area contributed by atoms with E-state index in [0.717, 1.165) is 30.8 Å². The zero-order chi connectivity index (χ0) is 13.2. The maximum absolute atomic E-state index is 12.6. The van der Waals surface area contributed by atoms with Crippen molar-refractivity contribution in [3.05, 3.63) is 24.3 Å². The molecule has 1 saturated heterocycles. The molecule has 3 rings (SSSR count). The zero-order valence-electron chi connectivity index (χ0n) is 11.3. The molecule has 0 aromatic heterocycles. The van der Waals surface area contributed by atoms with E-state index in [1.54, 1.807) is 7.11 Å². The number of carbonyl (C=O) groups excluding carboxylic acids is 1. The second kappa shape index (κ2) is 5.21. The molecule has 4 heteroatoms. The molecule has 1 unspecified atom stereocenters. The highest BCUT2D eigenvalue weighted by Gasteiger charge is 2.34. The minimum atomic E-state index is -0.0221. The Bertz CT molecular complexity index is 471. The van der Waals surface area contributed by atoms with Gasteiger partial charge in [-0.25, -0.2) is 0 Å². The van der Waals surface area contributed by atoms with Crippen molar-refractivity contribution < 1.29 is 9.53 Å². The van der Waals surface area contributed by atoms with Gasteiger partial charge in [0, 0.05) is 12.6 Å². The number of nitrogens with zero attached hydrogens (tertiary/aromatic N) is 1. The fraction of sp³-hybridized carbons (Fsp3) is 0.533. The van der Waals surface area contributed by atoms with E-state index in [-0.39, 0.29) is 11.9 Å². The molecule has 1 heterocycles. The lowest BCUT2D eigenvalue weighted by Crippen LogP contribution is -2.51. The van der Waals surface area contributed by atoms with Gasteiger partial charge in [0.25, 0.3) is 0 Å². The standard InChI is InChI=1S/C15H20N2O2/c1-19-14-7-3-2-6-13(14)17-10-4-5-12(15(17)18)16-11-8-9-11/h2-3,6-7,11-12,16H,4-5,8-10H2,1H3. The number of hydrogen-bond donors (Lipinski definition) is 1. The van der Waals surface area contributed by atoms with Crippen LogP contribution < -0.4 is 15.0 Å². The van der Waals surface area contributed by atoms with Crippen LogP contribution in [-0.2, 0) is 4.79 Å². The number of anilines is 1. The molecule has 1 aromatic rings. The van der Waals surface area contributed by atoms with Crippen LogP contribution in [0, 0.1) is 0 Å². The van der Waals surface area contributed by atoms with Crippen LogP contribution in [0.2, 0.25) is 0 Å². The van der Waals surface area contributed by atoms with Crippen molar-refractivity contribution in [2.75, 3.05) is 18.6 Å². The lowest BCUT2D eigenvalue weighted by molar-refractivity contribution is -0.121. The third-order valence-corrected chi connectivity index (χ3v) is 3.83. The second-order valence-corrected chi connectivity index (χ2v) is 5.30. The highest BCUT2D eigenvalue weighted by Crippen LogP contribution is 2.31. The summed E-state index contributed by atoms with van der Waals surface area (Å²) in [6, 6.07) is 8.27. The van der Waals surface area contributed by atoms with E-state index in [9.17, 15) is 4.79 Å². The van der Waals surface area contributed by atoms with E-state index in [1.165, 1.54) is 12.8 Å². The zero-order valence-corrected chi connectivity index (χ0v) is 11.3. The summed E-state index contributed by atoms with van der Waals surface area (Å²) in [7, 11) is 1.65. The van der Waals surface area contributed by atoms with E-state index >= 15 is 0 Å². The van der Waals surface area contributed by atoms with E-state index in [0.29, 0.717) is 6.04 Å². The molecule has 0 bridgehead atoms. The first-order valence-electron chi connectivity index (χ1n) is 7.00. The molecular weight excluding hydrogens is 240 g/mol. The number of benzene rings is 1. The Morgan fingerprint density at radius 3 is 2.79 bits per heavy atom. The predicted molar refractivity (Wildman–Crippen MR) is 74.5 cm³/mol. The molecule has 4 nitrogen and oxygen atoms in total. The van der Waals surface area contributed by atoms with Crippen LogP contribution in [0.3, 0.4) is 0 Å². The minimum absolute atomic E-state index is 0.0221. The molecule has 102 valence electrons. The molecule has 1 amide bonds. The topological polar surface area (TPSA) is 41.6 Å². The van der Waals surface area contributed by atoms with Gasteiger partial charge in [-0.2, -0.15) is 0 Å². The van der Waals surface area contributed by atoms with Crippen LogP contribution in [0.1, 0.15) is 25.7 Å². The molecule has 2 aliphatic rings. The number of carbonyl (C=O) groups is 1. The Kier molecular flexibility index (Phi) is 3.42. The summed E-state index contributed by atoms with van der Waals surface area (Å²) in [5.74, 6) is 0.950. The molecular formula is C15H20N2O2. The molecule has 1 aromatic carbocycles. The number of hydrogen-bond acceptors (Lipinski definition) is 3. The largest absolute Gasteiger partial charge is 0.495 e. The lowest BCUT2D eigenvalue weighted by atomic mass is 10.0. The summed E-state index contributed by atoms with van der Waals surface area (Å²) < 4.78 is 5.36. The molecule has 1 aliphatic carbocycles. The Morgan fingerprint density at radius 2 is 2.05 bits per heavy atom. The summed E-state index contributed by atoms with van der Waals surface area (Å²) in [6.45, 7) is 0.780. The van der Waals surface area contributed by atoms with Crippen LogP contribution in [0.5, 0.6) is 5.75 Å². The van der Waals surface area contributed by atoms with Gasteiger partial charge in [-0.3, -0.25) is 4.79 Å². The summed E-state index contributed by atoms with van der Waals surface area (Å²) >= 11 is 0. The van der Waals surface area contributed by atoms with Gasteiger partial charge in [-0.05, 0) is 37.8 Å². The Hall–Kier alpha value is -1.55. The average Bonchev–Trinajstić information content (AvgIpc) is 3.25. The monoisotopic (exact) mass is 260 g/mol. The molecule has 1 atom stereocenters. The Morgan fingerprint density at radius 1 is 1.26 bits per heavy atom. The van der Waals surface area contributed by atoms with Crippen LogP contribution in [0.4, 0.5) is 5.69 Å². The highest BCUT2D eigenvalue weighted by atomic mass is 16.5. The van der Waals surface area contributed by atoms with Gasteiger partial charge in [0.1, 0.15) is 5.75 Å². The second-order valence-electron chi connectivity index (χ2n) is 5.30. The molecule has 1 N–H and O–H groups in total. The third-order valence-electron chi connectivity index (χ3n) is 3.83. The molecule has 0 spiro atoms. The Balaban J connectivity index is 1.80.